The molecule has 0 aliphatic rings. The van der Waals surface area contributed by atoms with E-state index in [1.807, 2.05) is 4.57 Å². The highest BCUT2D eigenvalue weighted by Crippen LogP contribution is 2.30. The predicted molar refractivity (Wildman–Crippen MR) is 78.9 cm³/mol. The number of ether oxygens (including phenoxy) is 1. The molecular formula is C12H18N4OS2. The number of aryl methyl sites for hydroxylation is 1. The quantitative estimate of drug-likeness (QED) is 0.832. The summed E-state index contributed by atoms with van der Waals surface area (Å²) in [6.45, 7) is 5.63. The molecule has 104 valence electrons. The molecule has 0 atom stereocenters. The molecule has 0 bridgehead atoms. The van der Waals surface area contributed by atoms with E-state index >= 15 is 0 Å². The van der Waals surface area contributed by atoms with Gasteiger partial charge in [-0.15, -0.1) is 11.3 Å². The van der Waals surface area contributed by atoms with Gasteiger partial charge < -0.3 is 4.74 Å². The summed E-state index contributed by atoms with van der Waals surface area (Å²) in [7, 11) is 1.68. The van der Waals surface area contributed by atoms with Crippen molar-refractivity contribution in [1.29, 1.82) is 0 Å². The number of rotatable bonds is 6. The van der Waals surface area contributed by atoms with Crippen LogP contribution in [0.4, 0.5) is 0 Å². The molecule has 0 unspecified atom stereocenters. The summed E-state index contributed by atoms with van der Waals surface area (Å²) in [5, 5.41) is 8.22. The molecule has 2 heterocycles. The molecule has 5 nitrogen and oxygen atoms in total. The SMILES string of the molecule is CCCn1c(-c2sc(COC)nc2CC)n[nH]c1=S. The van der Waals surface area contributed by atoms with Crippen LogP contribution in [0.5, 0.6) is 0 Å². The molecular weight excluding hydrogens is 280 g/mol. The van der Waals surface area contributed by atoms with Crippen LogP contribution >= 0.6 is 23.6 Å². The summed E-state index contributed by atoms with van der Waals surface area (Å²) in [5.74, 6) is 0.892. The van der Waals surface area contributed by atoms with Crippen molar-refractivity contribution < 1.29 is 4.74 Å². The van der Waals surface area contributed by atoms with Gasteiger partial charge in [0.15, 0.2) is 10.6 Å². The van der Waals surface area contributed by atoms with Gasteiger partial charge in [0.1, 0.15) is 5.01 Å². The number of methoxy groups -OCH3 is 1. The normalized spacial score (nSPS) is 11.1. The molecule has 0 spiro atoms. The lowest BCUT2D eigenvalue weighted by Crippen LogP contribution is -2.00. The van der Waals surface area contributed by atoms with Gasteiger partial charge in [0.25, 0.3) is 0 Å². The molecule has 2 aromatic rings. The average Bonchev–Trinajstić information content (AvgIpc) is 2.95. The Bertz CT molecular complexity index is 599. The van der Waals surface area contributed by atoms with Gasteiger partial charge in [-0.1, -0.05) is 13.8 Å². The van der Waals surface area contributed by atoms with Crippen LogP contribution in [0.25, 0.3) is 10.7 Å². The van der Waals surface area contributed by atoms with Gasteiger partial charge in [0.2, 0.25) is 0 Å². The number of aromatic amines is 1. The average molecular weight is 298 g/mol. The maximum absolute atomic E-state index is 5.28. The summed E-state index contributed by atoms with van der Waals surface area (Å²) in [5.41, 5.74) is 1.06. The first-order chi connectivity index (χ1) is 9.21. The topological polar surface area (TPSA) is 55.7 Å². The number of nitrogens with one attached hydrogen (secondary N) is 1. The zero-order valence-corrected chi connectivity index (χ0v) is 13.0. The lowest BCUT2D eigenvalue weighted by Gasteiger charge is -2.03. The van der Waals surface area contributed by atoms with Gasteiger partial charge in [-0.25, -0.2) is 4.98 Å². The second-order valence-electron chi connectivity index (χ2n) is 4.17. The van der Waals surface area contributed by atoms with Crippen molar-refractivity contribution in [2.75, 3.05) is 7.11 Å². The standard InChI is InChI=1S/C12H18N4OS2/c1-4-6-16-11(14-15-12(16)18)10-8(5-2)13-9(19-10)7-17-3/h4-7H2,1-3H3,(H,15,18). The molecule has 0 aromatic carbocycles. The maximum atomic E-state index is 5.28. The Morgan fingerprint density at radius 3 is 2.84 bits per heavy atom. The molecule has 0 aliphatic heterocycles. The molecule has 0 saturated carbocycles. The first kappa shape index (κ1) is 14.4. The van der Waals surface area contributed by atoms with Gasteiger partial charge in [0.05, 0.1) is 17.2 Å². The molecule has 7 heteroatoms. The highest BCUT2D eigenvalue weighted by atomic mass is 32.1. The van der Waals surface area contributed by atoms with Crippen LogP contribution in [0.3, 0.4) is 0 Å². The van der Waals surface area contributed by atoms with Crippen LogP contribution in [0, 0.1) is 4.77 Å². The number of thiazole rings is 1. The third-order valence-corrected chi connectivity index (χ3v) is 4.13. The summed E-state index contributed by atoms with van der Waals surface area (Å²) in [6, 6.07) is 0. The molecule has 1 N–H and O–H groups in total. The van der Waals surface area contributed by atoms with E-state index in [0.717, 1.165) is 40.8 Å². The van der Waals surface area contributed by atoms with Crippen LogP contribution in [-0.4, -0.2) is 26.9 Å². The molecule has 0 aliphatic carbocycles. The number of nitrogens with zero attached hydrogens (tertiary/aromatic N) is 3. The third-order valence-electron chi connectivity index (χ3n) is 2.75. The van der Waals surface area contributed by atoms with E-state index in [1.54, 1.807) is 18.4 Å². The Morgan fingerprint density at radius 2 is 2.21 bits per heavy atom. The Balaban J connectivity index is 2.48. The largest absolute Gasteiger partial charge is 0.378 e. The van der Waals surface area contributed by atoms with Crippen molar-refractivity contribution in [3.8, 4) is 10.7 Å². The summed E-state index contributed by atoms with van der Waals surface area (Å²) in [4.78, 5) is 5.69. The molecule has 0 radical (unpaired) electrons. The first-order valence-electron chi connectivity index (χ1n) is 6.34. The van der Waals surface area contributed by atoms with Crippen LogP contribution in [0.15, 0.2) is 0 Å². The van der Waals surface area contributed by atoms with E-state index < -0.39 is 0 Å². The lowest BCUT2D eigenvalue weighted by molar-refractivity contribution is 0.184. The Hall–Kier alpha value is -1.05. The number of aromatic nitrogens is 4. The Labute approximate surface area is 121 Å². The van der Waals surface area contributed by atoms with Crippen molar-refractivity contribution in [1.82, 2.24) is 19.7 Å². The fourth-order valence-corrected chi connectivity index (χ4v) is 3.27. The fourth-order valence-electron chi connectivity index (χ4n) is 1.92. The molecule has 2 rings (SSSR count). The number of H-pyrrole nitrogens is 1. The number of hydrogen-bond acceptors (Lipinski definition) is 5. The van der Waals surface area contributed by atoms with Crippen molar-refractivity contribution in [3.63, 3.8) is 0 Å². The highest BCUT2D eigenvalue weighted by Gasteiger charge is 2.17. The van der Waals surface area contributed by atoms with E-state index in [2.05, 4.69) is 29.0 Å². The Kier molecular flexibility index (Phi) is 4.84. The monoisotopic (exact) mass is 298 g/mol. The van der Waals surface area contributed by atoms with E-state index in [1.165, 1.54) is 0 Å². The van der Waals surface area contributed by atoms with E-state index in [0.29, 0.717) is 11.4 Å². The smallest absolute Gasteiger partial charge is 0.195 e. The van der Waals surface area contributed by atoms with Gasteiger partial charge >= 0.3 is 0 Å². The van der Waals surface area contributed by atoms with Crippen molar-refractivity contribution in [3.05, 3.63) is 15.5 Å². The van der Waals surface area contributed by atoms with Gasteiger partial charge in [-0.3, -0.25) is 9.67 Å². The van der Waals surface area contributed by atoms with Crippen LogP contribution < -0.4 is 0 Å². The van der Waals surface area contributed by atoms with Crippen LogP contribution in [-0.2, 0) is 24.3 Å². The molecule has 0 saturated heterocycles. The molecule has 0 fully saturated rings. The summed E-state index contributed by atoms with van der Waals surface area (Å²) in [6.07, 6.45) is 1.90. The van der Waals surface area contributed by atoms with Crippen molar-refractivity contribution in [2.45, 2.75) is 39.8 Å². The molecule has 0 amide bonds. The zero-order valence-electron chi connectivity index (χ0n) is 11.4. The number of hydrogen-bond donors (Lipinski definition) is 1. The minimum atomic E-state index is 0.538. The van der Waals surface area contributed by atoms with Crippen molar-refractivity contribution >= 4 is 23.6 Å². The minimum absolute atomic E-state index is 0.538. The molecule has 19 heavy (non-hydrogen) atoms. The van der Waals surface area contributed by atoms with Gasteiger partial charge in [-0.2, -0.15) is 5.10 Å². The second-order valence-corrected chi connectivity index (χ2v) is 5.64. The van der Waals surface area contributed by atoms with Crippen LogP contribution in [0.1, 0.15) is 31.0 Å². The van der Waals surface area contributed by atoms with Gasteiger partial charge in [-0.05, 0) is 25.1 Å². The molecule has 2 aromatic heterocycles. The van der Waals surface area contributed by atoms with E-state index in [9.17, 15) is 0 Å². The fraction of sp³-hybridized carbons (Fsp3) is 0.583. The summed E-state index contributed by atoms with van der Waals surface area (Å²) >= 11 is 6.91. The van der Waals surface area contributed by atoms with Gasteiger partial charge in [0, 0.05) is 13.7 Å². The highest BCUT2D eigenvalue weighted by molar-refractivity contribution is 7.71. The minimum Gasteiger partial charge on any atom is -0.378 e. The predicted octanol–water partition coefficient (Wildman–Crippen LogP) is 3.18. The first-order valence-corrected chi connectivity index (χ1v) is 7.56. The Morgan fingerprint density at radius 1 is 1.42 bits per heavy atom. The maximum Gasteiger partial charge on any atom is 0.195 e. The third kappa shape index (κ3) is 2.93. The summed E-state index contributed by atoms with van der Waals surface area (Å²) < 4.78 is 7.86. The van der Waals surface area contributed by atoms with E-state index in [4.69, 9.17) is 17.0 Å². The van der Waals surface area contributed by atoms with Crippen molar-refractivity contribution in [2.24, 2.45) is 0 Å². The lowest BCUT2D eigenvalue weighted by atomic mass is 10.3. The second kappa shape index (κ2) is 6.40. The zero-order chi connectivity index (χ0) is 13.8. The van der Waals surface area contributed by atoms with E-state index in [-0.39, 0.29) is 0 Å². The van der Waals surface area contributed by atoms with Crippen LogP contribution in [0.2, 0.25) is 0 Å².